The summed E-state index contributed by atoms with van der Waals surface area (Å²) >= 11 is 0. The van der Waals surface area contributed by atoms with Gasteiger partial charge in [0.15, 0.2) is 0 Å². The van der Waals surface area contributed by atoms with Crippen molar-refractivity contribution in [2.24, 2.45) is 5.92 Å². The fourth-order valence-electron chi connectivity index (χ4n) is 3.21. The molecule has 1 saturated carbocycles. The molecular formula is C12H20N2O2. The first-order valence-electron chi connectivity index (χ1n) is 6.07. The van der Waals surface area contributed by atoms with E-state index in [4.69, 9.17) is 0 Å². The van der Waals surface area contributed by atoms with E-state index in [2.05, 4.69) is 6.92 Å². The zero-order valence-corrected chi connectivity index (χ0v) is 10.1. The molecule has 1 amide bonds. The first-order valence-corrected chi connectivity index (χ1v) is 6.07. The van der Waals surface area contributed by atoms with Crippen LogP contribution in [0.2, 0.25) is 0 Å². The van der Waals surface area contributed by atoms with E-state index in [0.717, 1.165) is 6.29 Å². The summed E-state index contributed by atoms with van der Waals surface area (Å²) in [7, 11) is 1.94. The van der Waals surface area contributed by atoms with Crippen LogP contribution in [-0.4, -0.2) is 41.3 Å². The monoisotopic (exact) mass is 224 g/mol. The summed E-state index contributed by atoms with van der Waals surface area (Å²) in [5, 5.41) is 3.59. The molecule has 0 bridgehead atoms. The Labute approximate surface area is 96.6 Å². The van der Waals surface area contributed by atoms with E-state index in [9.17, 15) is 9.59 Å². The summed E-state index contributed by atoms with van der Waals surface area (Å²) in [5.41, 5.74) is -0.0728. The lowest BCUT2D eigenvalue weighted by molar-refractivity contribution is -0.141. The van der Waals surface area contributed by atoms with E-state index < -0.39 is 0 Å². The Bertz CT molecular complexity index is 299. The third-order valence-corrected chi connectivity index (χ3v) is 4.38. The SMILES string of the molecule is CN1N(CC=O)C(=O)CC1(C)C1CCCC1. The maximum absolute atomic E-state index is 11.9. The maximum atomic E-state index is 11.9. The molecule has 1 heterocycles. The lowest BCUT2D eigenvalue weighted by Crippen LogP contribution is -2.50. The highest BCUT2D eigenvalue weighted by molar-refractivity contribution is 5.81. The van der Waals surface area contributed by atoms with Gasteiger partial charge in [-0.05, 0) is 25.7 Å². The van der Waals surface area contributed by atoms with Gasteiger partial charge >= 0.3 is 0 Å². The van der Waals surface area contributed by atoms with E-state index in [1.165, 1.54) is 25.7 Å². The van der Waals surface area contributed by atoms with Crippen molar-refractivity contribution < 1.29 is 9.59 Å². The summed E-state index contributed by atoms with van der Waals surface area (Å²) in [5.74, 6) is 0.683. The summed E-state index contributed by atoms with van der Waals surface area (Å²) < 4.78 is 0. The Hall–Kier alpha value is -0.900. The Morgan fingerprint density at radius 1 is 1.44 bits per heavy atom. The van der Waals surface area contributed by atoms with E-state index in [0.29, 0.717) is 12.3 Å². The molecule has 2 aliphatic rings. The molecule has 16 heavy (non-hydrogen) atoms. The second-order valence-electron chi connectivity index (χ2n) is 5.18. The van der Waals surface area contributed by atoms with E-state index >= 15 is 0 Å². The van der Waals surface area contributed by atoms with Crippen LogP contribution >= 0.6 is 0 Å². The van der Waals surface area contributed by atoms with Crippen molar-refractivity contribution in [1.82, 2.24) is 10.0 Å². The molecular weight excluding hydrogens is 204 g/mol. The Balaban J connectivity index is 2.16. The second-order valence-corrected chi connectivity index (χ2v) is 5.18. The minimum atomic E-state index is -0.0728. The lowest BCUT2D eigenvalue weighted by atomic mass is 9.82. The first-order chi connectivity index (χ1) is 7.59. The lowest BCUT2D eigenvalue weighted by Gasteiger charge is -2.39. The highest BCUT2D eigenvalue weighted by atomic mass is 16.2. The van der Waals surface area contributed by atoms with Crippen LogP contribution in [0.15, 0.2) is 0 Å². The summed E-state index contributed by atoms with van der Waals surface area (Å²) in [6.07, 6.45) is 6.33. The molecule has 1 saturated heterocycles. The molecule has 1 aliphatic carbocycles. The van der Waals surface area contributed by atoms with Gasteiger partial charge in [0.25, 0.3) is 0 Å². The number of rotatable bonds is 3. The van der Waals surface area contributed by atoms with Crippen molar-refractivity contribution in [3.05, 3.63) is 0 Å². The Morgan fingerprint density at radius 2 is 2.06 bits per heavy atom. The van der Waals surface area contributed by atoms with Crippen LogP contribution < -0.4 is 0 Å². The van der Waals surface area contributed by atoms with Gasteiger partial charge in [-0.1, -0.05) is 12.8 Å². The number of hydrazine groups is 1. The van der Waals surface area contributed by atoms with Crippen molar-refractivity contribution in [1.29, 1.82) is 0 Å². The van der Waals surface area contributed by atoms with Gasteiger partial charge in [0, 0.05) is 19.0 Å². The number of carbonyl (C=O) groups excluding carboxylic acids is 2. The molecule has 0 N–H and O–H groups in total. The third-order valence-electron chi connectivity index (χ3n) is 4.38. The van der Waals surface area contributed by atoms with Crippen molar-refractivity contribution >= 4 is 12.2 Å². The first kappa shape index (κ1) is 11.6. The largest absolute Gasteiger partial charge is 0.301 e. The second kappa shape index (κ2) is 4.17. The van der Waals surface area contributed by atoms with Crippen LogP contribution in [0.4, 0.5) is 0 Å². The molecule has 0 aromatic heterocycles. The molecule has 0 aromatic rings. The highest BCUT2D eigenvalue weighted by Gasteiger charge is 2.49. The van der Waals surface area contributed by atoms with Gasteiger partial charge in [0.1, 0.15) is 6.29 Å². The standard InChI is InChI=1S/C12H20N2O2/c1-12(10-5-3-4-6-10)9-11(16)14(7-8-15)13(12)2/h8,10H,3-7,9H2,1-2H3. The van der Waals surface area contributed by atoms with Gasteiger partial charge in [-0.2, -0.15) is 0 Å². The Morgan fingerprint density at radius 3 is 2.62 bits per heavy atom. The molecule has 0 spiro atoms. The maximum Gasteiger partial charge on any atom is 0.239 e. The smallest absolute Gasteiger partial charge is 0.239 e. The molecule has 2 rings (SSSR count). The van der Waals surface area contributed by atoms with E-state index in [1.807, 2.05) is 12.1 Å². The molecule has 1 unspecified atom stereocenters. The predicted octanol–water partition coefficient (Wildman–Crippen LogP) is 1.21. The molecule has 90 valence electrons. The molecule has 0 radical (unpaired) electrons. The fraction of sp³-hybridized carbons (Fsp3) is 0.833. The van der Waals surface area contributed by atoms with Crippen molar-refractivity contribution in [3.8, 4) is 0 Å². The number of nitrogens with zero attached hydrogens (tertiary/aromatic N) is 2. The van der Waals surface area contributed by atoms with Crippen molar-refractivity contribution in [2.45, 2.75) is 44.6 Å². The van der Waals surface area contributed by atoms with Gasteiger partial charge in [0.05, 0.1) is 6.54 Å². The van der Waals surface area contributed by atoms with Crippen molar-refractivity contribution in [2.75, 3.05) is 13.6 Å². The zero-order chi connectivity index (χ0) is 11.8. The average molecular weight is 224 g/mol. The molecule has 4 heteroatoms. The summed E-state index contributed by atoms with van der Waals surface area (Å²) in [4.78, 5) is 22.4. The van der Waals surface area contributed by atoms with Gasteiger partial charge in [0.2, 0.25) is 5.91 Å². The minimum Gasteiger partial charge on any atom is -0.301 e. The van der Waals surface area contributed by atoms with E-state index in [1.54, 1.807) is 5.01 Å². The van der Waals surface area contributed by atoms with Gasteiger partial charge < -0.3 is 4.79 Å². The van der Waals surface area contributed by atoms with Gasteiger partial charge in [-0.3, -0.25) is 9.80 Å². The fourth-order valence-corrected chi connectivity index (χ4v) is 3.21. The quantitative estimate of drug-likeness (QED) is 0.677. The van der Waals surface area contributed by atoms with Crippen LogP contribution in [0, 0.1) is 5.92 Å². The molecule has 2 fully saturated rings. The predicted molar refractivity (Wildman–Crippen MR) is 60.5 cm³/mol. The topological polar surface area (TPSA) is 40.6 Å². The summed E-state index contributed by atoms with van der Waals surface area (Å²) in [6.45, 7) is 2.35. The van der Waals surface area contributed by atoms with Crippen LogP contribution in [-0.2, 0) is 9.59 Å². The minimum absolute atomic E-state index is 0.0728. The summed E-state index contributed by atoms with van der Waals surface area (Å²) in [6, 6.07) is 0. The van der Waals surface area contributed by atoms with Crippen LogP contribution in [0.1, 0.15) is 39.0 Å². The van der Waals surface area contributed by atoms with Gasteiger partial charge in [-0.15, -0.1) is 0 Å². The number of aldehydes is 1. The number of hydrogen-bond acceptors (Lipinski definition) is 3. The number of hydrogen-bond donors (Lipinski definition) is 0. The van der Waals surface area contributed by atoms with Crippen LogP contribution in [0.25, 0.3) is 0 Å². The molecule has 0 aromatic carbocycles. The third kappa shape index (κ3) is 1.65. The van der Waals surface area contributed by atoms with Crippen LogP contribution in [0.3, 0.4) is 0 Å². The Kier molecular flexibility index (Phi) is 3.02. The molecule has 1 atom stereocenters. The average Bonchev–Trinajstić information content (AvgIpc) is 2.83. The molecule has 4 nitrogen and oxygen atoms in total. The molecule has 1 aliphatic heterocycles. The number of amides is 1. The van der Waals surface area contributed by atoms with Gasteiger partial charge in [-0.25, -0.2) is 5.01 Å². The zero-order valence-electron chi connectivity index (χ0n) is 10.1. The number of carbonyl (C=O) groups is 2. The van der Waals surface area contributed by atoms with E-state index in [-0.39, 0.29) is 18.0 Å². The van der Waals surface area contributed by atoms with Crippen LogP contribution in [0.5, 0.6) is 0 Å². The normalized spacial score (nSPS) is 32.6. The van der Waals surface area contributed by atoms with Crippen molar-refractivity contribution in [3.63, 3.8) is 0 Å². The highest BCUT2D eigenvalue weighted by Crippen LogP contribution is 2.43.